The van der Waals surface area contributed by atoms with Crippen molar-refractivity contribution < 1.29 is 0 Å². The van der Waals surface area contributed by atoms with Crippen molar-refractivity contribution in [1.82, 2.24) is 9.97 Å². The predicted octanol–water partition coefficient (Wildman–Crippen LogP) is 1.99. The second-order valence-electron chi connectivity index (χ2n) is 3.50. The van der Waals surface area contributed by atoms with Crippen molar-refractivity contribution in [2.45, 2.75) is 13.0 Å². The summed E-state index contributed by atoms with van der Waals surface area (Å²) in [5.74, 6) is 0. The zero-order valence-corrected chi connectivity index (χ0v) is 8.59. The molecule has 0 bridgehead atoms. The van der Waals surface area contributed by atoms with Crippen LogP contribution < -0.4 is 5.73 Å². The van der Waals surface area contributed by atoms with E-state index in [2.05, 4.69) is 9.97 Å². The maximum atomic E-state index is 5.62. The van der Waals surface area contributed by atoms with Crippen LogP contribution in [0.4, 0.5) is 0 Å². The van der Waals surface area contributed by atoms with Gasteiger partial charge in [-0.3, -0.25) is 4.98 Å². The summed E-state index contributed by atoms with van der Waals surface area (Å²) in [7, 11) is 0. The van der Waals surface area contributed by atoms with E-state index in [0.29, 0.717) is 0 Å². The van der Waals surface area contributed by atoms with Gasteiger partial charge in [0.15, 0.2) is 0 Å². The first-order chi connectivity index (χ1) is 7.25. The van der Waals surface area contributed by atoms with E-state index in [-0.39, 0.29) is 6.04 Å². The Balaban J connectivity index is 2.39. The van der Waals surface area contributed by atoms with Crippen molar-refractivity contribution in [3.8, 4) is 0 Å². The average Bonchev–Trinajstić information content (AvgIpc) is 2.26. The zero-order chi connectivity index (χ0) is 10.7. The Labute approximate surface area is 88.7 Å². The van der Waals surface area contributed by atoms with Crippen molar-refractivity contribution >= 4 is 17.1 Å². The maximum Gasteiger partial charge on any atom is 0.0894 e. The predicted molar refractivity (Wildman–Crippen MR) is 62.2 cm³/mol. The van der Waals surface area contributed by atoms with Crippen molar-refractivity contribution in [3.63, 3.8) is 0 Å². The number of fused-ring (bicyclic) bond motifs is 1. The van der Waals surface area contributed by atoms with Gasteiger partial charge in [-0.25, -0.2) is 4.98 Å². The Hall–Kier alpha value is -1.74. The summed E-state index contributed by atoms with van der Waals surface area (Å²) in [4.78, 5) is 8.75. The molecule has 3 heteroatoms. The van der Waals surface area contributed by atoms with Crippen LogP contribution in [0.5, 0.6) is 0 Å². The largest absolute Gasteiger partial charge is 0.325 e. The summed E-state index contributed by atoms with van der Waals surface area (Å²) < 4.78 is 0. The molecule has 2 rings (SSSR count). The van der Waals surface area contributed by atoms with Gasteiger partial charge in [0.2, 0.25) is 0 Å². The van der Waals surface area contributed by atoms with E-state index in [4.69, 9.17) is 5.73 Å². The van der Waals surface area contributed by atoms with Gasteiger partial charge in [-0.05, 0) is 25.1 Å². The molecule has 1 aromatic heterocycles. The lowest BCUT2D eigenvalue weighted by molar-refractivity contribution is 0.930. The third kappa shape index (κ3) is 2.39. The van der Waals surface area contributed by atoms with Gasteiger partial charge in [0.1, 0.15) is 0 Å². The van der Waals surface area contributed by atoms with Gasteiger partial charge >= 0.3 is 0 Å². The van der Waals surface area contributed by atoms with Crippen molar-refractivity contribution in [3.05, 3.63) is 42.2 Å². The first-order valence-electron chi connectivity index (χ1n) is 4.91. The molecule has 3 nitrogen and oxygen atoms in total. The molecule has 1 atom stereocenters. The number of hydrogen-bond acceptors (Lipinski definition) is 3. The van der Waals surface area contributed by atoms with Gasteiger partial charge in [-0.1, -0.05) is 18.2 Å². The molecule has 0 aliphatic heterocycles. The summed E-state index contributed by atoms with van der Waals surface area (Å²) >= 11 is 0. The first kappa shape index (κ1) is 9.80. The minimum atomic E-state index is 0.0401. The number of nitrogens with zero attached hydrogens (tertiary/aromatic N) is 2. The van der Waals surface area contributed by atoms with Gasteiger partial charge in [0.05, 0.1) is 22.9 Å². The fraction of sp³-hybridized carbons (Fsp3) is 0.167. The van der Waals surface area contributed by atoms with Crippen LogP contribution in [0.3, 0.4) is 0 Å². The van der Waals surface area contributed by atoms with E-state index < -0.39 is 0 Å². The Bertz CT molecular complexity index is 489. The molecule has 1 aromatic carbocycles. The number of benzene rings is 1. The third-order valence-electron chi connectivity index (χ3n) is 2.04. The van der Waals surface area contributed by atoms with Gasteiger partial charge in [0, 0.05) is 6.04 Å². The highest BCUT2D eigenvalue weighted by molar-refractivity contribution is 5.74. The van der Waals surface area contributed by atoms with Gasteiger partial charge in [-0.2, -0.15) is 0 Å². The van der Waals surface area contributed by atoms with E-state index in [1.165, 1.54) is 0 Å². The summed E-state index contributed by atoms with van der Waals surface area (Å²) in [6.45, 7) is 1.92. The Morgan fingerprint density at radius 3 is 2.73 bits per heavy atom. The highest BCUT2D eigenvalue weighted by Gasteiger charge is 1.95. The SMILES string of the molecule is CC(N)/C=C/c1cnc2ccccc2n1. The minimum absolute atomic E-state index is 0.0401. The minimum Gasteiger partial charge on any atom is -0.325 e. The molecule has 2 N–H and O–H groups in total. The normalized spacial score (nSPS) is 13.5. The topological polar surface area (TPSA) is 51.8 Å². The molecule has 15 heavy (non-hydrogen) atoms. The van der Waals surface area contributed by atoms with E-state index in [1.807, 2.05) is 43.3 Å². The Morgan fingerprint density at radius 2 is 2.00 bits per heavy atom. The monoisotopic (exact) mass is 199 g/mol. The number of nitrogens with two attached hydrogens (primary N) is 1. The lowest BCUT2D eigenvalue weighted by atomic mass is 10.2. The molecule has 2 aromatic rings. The molecule has 0 amide bonds. The molecule has 0 saturated heterocycles. The van der Waals surface area contributed by atoms with E-state index in [9.17, 15) is 0 Å². The highest BCUT2D eigenvalue weighted by Crippen LogP contribution is 2.09. The second kappa shape index (κ2) is 4.19. The van der Waals surface area contributed by atoms with Crippen LogP contribution in [0, 0.1) is 0 Å². The molecule has 0 radical (unpaired) electrons. The molecular formula is C12H13N3. The van der Waals surface area contributed by atoms with Crippen molar-refractivity contribution in [2.24, 2.45) is 5.73 Å². The number of rotatable bonds is 2. The summed E-state index contributed by atoms with van der Waals surface area (Å²) in [5, 5.41) is 0. The van der Waals surface area contributed by atoms with Crippen LogP contribution in [-0.2, 0) is 0 Å². The number of para-hydroxylation sites is 2. The molecule has 0 aliphatic carbocycles. The smallest absolute Gasteiger partial charge is 0.0894 e. The van der Waals surface area contributed by atoms with E-state index in [1.54, 1.807) is 6.20 Å². The van der Waals surface area contributed by atoms with Crippen LogP contribution in [0.25, 0.3) is 17.1 Å². The molecule has 0 fully saturated rings. The van der Waals surface area contributed by atoms with Gasteiger partial charge in [0.25, 0.3) is 0 Å². The lowest BCUT2D eigenvalue weighted by Gasteiger charge is -1.98. The lowest BCUT2D eigenvalue weighted by Crippen LogP contribution is -2.10. The summed E-state index contributed by atoms with van der Waals surface area (Å²) in [6.07, 6.45) is 5.55. The average molecular weight is 199 g/mol. The van der Waals surface area contributed by atoms with Crippen LogP contribution in [-0.4, -0.2) is 16.0 Å². The van der Waals surface area contributed by atoms with Crippen LogP contribution in [0.15, 0.2) is 36.5 Å². The highest BCUT2D eigenvalue weighted by atomic mass is 14.8. The molecule has 76 valence electrons. The second-order valence-corrected chi connectivity index (χ2v) is 3.50. The van der Waals surface area contributed by atoms with Crippen LogP contribution in [0.1, 0.15) is 12.6 Å². The first-order valence-corrected chi connectivity index (χ1v) is 4.91. The maximum absolute atomic E-state index is 5.62. The Morgan fingerprint density at radius 1 is 1.27 bits per heavy atom. The summed E-state index contributed by atoms with van der Waals surface area (Å²) in [5.41, 5.74) is 8.28. The molecule has 1 heterocycles. The standard InChI is InChI=1S/C12H13N3/c1-9(13)6-7-10-8-14-11-4-2-3-5-12(11)15-10/h2-9H,13H2,1H3/b7-6+. The molecular weight excluding hydrogens is 186 g/mol. The molecule has 0 aliphatic rings. The van der Waals surface area contributed by atoms with Crippen molar-refractivity contribution in [1.29, 1.82) is 0 Å². The fourth-order valence-corrected chi connectivity index (χ4v) is 1.30. The van der Waals surface area contributed by atoms with Crippen molar-refractivity contribution in [2.75, 3.05) is 0 Å². The van der Waals surface area contributed by atoms with E-state index >= 15 is 0 Å². The van der Waals surface area contributed by atoms with Gasteiger partial charge < -0.3 is 5.73 Å². The van der Waals surface area contributed by atoms with E-state index in [0.717, 1.165) is 16.7 Å². The fourth-order valence-electron chi connectivity index (χ4n) is 1.30. The van der Waals surface area contributed by atoms with Crippen LogP contribution in [0.2, 0.25) is 0 Å². The van der Waals surface area contributed by atoms with Crippen LogP contribution >= 0.6 is 0 Å². The zero-order valence-electron chi connectivity index (χ0n) is 8.59. The molecule has 0 saturated carbocycles. The number of aromatic nitrogens is 2. The third-order valence-corrected chi connectivity index (χ3v) is 2.04. The Kier molecular flexibility index (Phi) is 2.74. The quantitative estimate of drug-likeness (QED) is 0.804. The number of hydrogen-bond donors (Lipinski definition) is 1. The molecule has 0 spiro atoms. The van der Waals surface area contributed by atoms with Gasteiger partial charge in [-0.15, -0.1) is 0 Å². The molecule has 1 unspecified atom stereocenters. The summed E-state index contributed by atoms with van der Waals surface area (Å²) in [6, 6.07) is 7.84.